The summed E-state index contributed by atoms with van der Waals surface area (Å²) in [6.07, 6.45) is -0.212. The first kappa shape index (κ1) is 16.4. The second kappa shape index (κ2) is 6.55. The molecule has 0 bridgehead atoms. The fraction of sp³-hybridized carbons (Fsp3) is 0.444. The molecule has 0 saturated heterocycles. The van der Waals surface area contributed by atoms with Crippen LogP contribution in [-0.2, 0) is 0 Å². The number of hydrogen-bond donors (Lipinski definition) is 0. The van der Waals surface area contributed by atoms with Gasteiger partial charge in [-0.3, -0.25) is 4.79 Å². The highest BCUT2D eigenvalue weighted by Crippen LogP contribution is 2.31. The smallest absolute Gasteiger partial charge is 0.259 e. The van der Waals surface area contributed by atoms with Crippen LogP contribution in [-0.4, -0.2) is 42.3 Å². The average molecular weight is 330 g/mol. The quantitative estimate of drug-likeness (QED) is 0.862. The van der Waals surface area contributed by atoms with Crippen molar-refractivity contribution in [2.75, 3.05) is 20.2 Å². The molecule has 24 heavy (non-hydrogen) atoms. The minimum absolute atomic E-state index is 0.0969. The number of benzene rings is 1. The number of rotatable bonds is 4. The SMILES string of the molecule is Cc1noc(C(C)C)c1C(=O)N(C)CC1COc2ccccc2O1. The molecule has 1 aromatic heterocycles. The van der Waals surface area contributed by atoms with Crippen LogP contribution in [0, 0.1) is 6.92 Å². The normalized spacial score (nSPS) is 16.3. The lowest BCUT2D eigenvalue weighted by Crippen LogP contribution is -2.42. The van der Waals surface area contributed by atoms with Crippen LogP contribution in [0.5, 0.6) is 11.5 Å². The number of aryl methyl sites for hydroxylation is 1. The Morgan fingerprint density at radius 2 is 2.04 bits per heavy atom. The molecule has 0 aliphatic carbocycles. The first-order valence-corrected chi connectivity index (χ1v) is 8.07. The Hall–Kier alpha value is -2.50. The number of para-hydroxylation sites is 2. The number of ether oxygens (including phenoxy) is 2. The van der Waals surface area contributed by atoms with E-state index in [1.165, 1.54) is 0 Å². The molecule has 2 heterocycles. The number of aromatic nitrogens is 1. The molecular weight excluding hydrogens is 308 g/mol. The van der Waals surface area contributed by atoms with E-state index in [1.54, 1.807) is 18.9 Å². The minimum Gasteiger partial charge on any atom is -0.486 e. The van der Waals surface area contributed by atoms with E-state index in [-0.39, 0.29) is 17.9 Å². The molecule has 2 aromatic rings. The van der Waals surface area contributed by atoms with Gasteiger partial charge in [0, 0.05) is 13.0 Å². The highest BCUT2D eigenvalue weighted by molar-refractivity contribution is 5.96. The molecule has 0 radical (unpaired) electrons. The Bertz CT molecular complexity index is 738. The highest BCUT2D eigenvalue weighted by Gasteiger charge is 2.28. The molecule has 1 unspecified atom stereocenters. The van der Waals surface area contributed by atoms with Crippen molar-refractivity contribution in [3.05, 3.63) is 41.3 Å². The van der Waals surface area contributed by atoms with Crippen LogP contribution in [0.15, 0.2) is 28.8 Å². The van der Waals surface area contributed by atoms with Gasteiger partial charge in [0.1, 0.15) is 12.2 Å². The molecule has 3 rings (SSSR count). The fourth-order valence-electron chi connectivity index (χ4n) is 2.77. The van der Waals surface area contributed by atoms with Crippen LogP contribution in [0.25, 0.3) is 0 Å². The van der Waals surface area contributed by atoms with Gasteiger partial charge in [-0.25, -0.2) is 0 Å². The Kier molecular flexibility index (Phi) is 4.46. The van der Waals surface area contributed by atoms with Crippen molar-refractivity contribution in [2.45, 2.75) is 32.8 Å². The maximum atomic E-state index is 12.8. The van der Waals surface area contributed by atoms with E-state index in [0.29, 0.717) is 35.9 Å². The van der Waals surface area contributed by atoms with E-state index >= 15 is 0 Å². The maximum Gasteiger partial charge on any atom is 0.259 e. The zero-order valence-corrected chi connectivity index (χ0v) is 14.4. The Labute approximate surface area is 141 Å². The van der Waals surface area contributed by atoms with E-state index < -0.39 is 0 Å². The number of amides is 1. The lowest BCUT2D eigenvalue weighted by molar-refractivity contribution is 0.0519. The zero-order chi connectivity index (χ0) is 17.3. The Morgan fingerprint density at radius 1 is 1.33 bits per heavy atom. The average Bonchev–Trinajstić information content (AvgIpc) is 2.95. The summed E-state index contributed by atoms with van der Waals surface area (Å²) in [6, 6.07) is 7.54. The van der Waals surface area contributed by atoms with Crippen molar-refractivity contribution in [1.29, 1.82) is 0 Å². The first-order chi connectivity index (χ1) is 11.5. The summed E-state index contributed by atoms with van der Waals surface area (Å²) in [7, 11) is 1.75. The van der Waals surface area contributed by atoms with E-state index in [4.69, 9.17) is 14.0 Å². The van der Waals surface area contributed by atoms with Crippen LogP contribution in [0.2, 0.25) is 0 Å². The molecule has 0 fully saturated rings. The van der Waals surface area contributed by atoms with Gasteiger partial charge < -0.3 is 18.9 Å². The van der Waals surface area contributed by atoms with Crippen molar-refractivity contribution in [3.63, 3.8) is 0 Å². The van der Waals surface area contributed by atoms with Crippen molar-refractivity contribution in [2.24, 2.45) is 0 Å². The number of carbonyl (C=O) groups excluding carboxylic acids is 1. The fourth-order valence-corrected chi connectivity index (χ4v) is 2.77. The summed E-state index contributed by atoms with van der Waals surface area (Å²) >= 11 is 0. The first-order valence-electron chi connectivity index (χ1n) is 8.07. The lowest BCUT2D eigenvalue weighted by atomic mass is 10.0. The second-order valence-electron chi connectivity index (χ2n) is 6.35. The monoisotopic (exact) mass is 330 g/mol. The third-order valence-electron chi connectivity index (χ3n) is 4.02. The van der Waals surface area contributed by atoms with Gasteiger partial charge in [0.05, 0.1) is 12.2 Å². The molecule has 6 heteroatoms. The highest BCUT2D eigenvalue weighted by atomic mass is 16.6. The van der Waals surface area contributed by atoms with Crippen LogP contribution >= 0.6 is 0 Å². The van der Waals surface area contributed by atoms with Crippen LogP contribution in [0.3, 0.4) is 0 Å². The molecule has 128 valence electrons. The predicted octanol–water partition coefficient (Wildman–Crippen LogP) is 3.02. The van der Waals surface area contributed by atoms with Gasteiger partial charge >= 0.3 is 0 Å². The number of carbonyl (C=O) groups is 1. The standard InChI is InChI=1S/C18H22N2O4/c1-11(2)17-16(12(3)19-24-17)18(21)20(4)9-13-10-22-14-7-5-6-8-15(14)23-13/h5-8,11,13H,9-10H2,1-4H3. The van der Waals surface area contributed by atoms with Crippen LogP contribution in [0.1, 0.15) is 41.6 Å². The molecule has 1 aliphatic rings. The van der Waals surface area contributed by atoms with Gasteiger partial charge in [-0.2, -0.15) is 0 Å². The van der Waals surface area contributed by atoms with Gasteiger partial charge in [-0.05, 0) is 19.1 Å². The molecule has 6 nitrogen and oxygen atoms in total. The van der Waals surface area contributed by atoms with E-state index in [2.05, 4.69) is 5.16 Å². The summed E-state index contributed by atoms with van der Waals surface area (Å²) in [5.74, 6) is 2.05. The number of hydrogen-bond acceptors (Lipinski definition) is 5. The molecule has 1 atom stereocenters. The largest absolute Gasteiger partial charge is 0.486 e. The summed E-state index contributed by atoms with van der Waals surface area (Å²) in [5, 5.41) is 3.94. The summed E-state index contributed by atoms with van der Waals surface area (Å²) in [4.78, 5) is 14.4. The van der Waals surface area contributed by atoms with Crippen molar-refractivity contribution < 1.29 is 18.8 Å². The minimum atomic E-state index is -0.212. The van der Waals surface area contributed by atoms with Gasteiger partial charge in [0.2, 0.25) is 0 Å². The van der Waals surface area contributed by atoms with E-state index in [0.717, 1.165) is 5.75 Å². The second-order valence-corrected chi connectivity index (χ2v) is 6.35. The number of likely N-dealkylation sites (N-methyl/N-ethyl adjacent to an activating group) is 1. The van der Waals surface area contributed by atoms with Crippen molar-refractivity contribution >= 4 is 5.91 Å². The molecule has 1 amide bonds. The van der Waals surface area contributed by atoms with Crippen LogP contribution < -0.4 is 9.47 Å². The van der Waals surface area contributed by atoms with Gasteiger partial charge in [-0.15, -0.1) is 0 Å². The third-order valence-corrected chi connectivity index (χ3v) is 4.02. The summed E-state index contributed by atoms with van der Waals surface area (Å²) < 4.78 is 16.9. The van der Waals surface area contributed by atoms with Gasteiger partial charge in [-0.1, -0.05) is 31.1 Å². The van der Waals surface area contributed by atoms with E-state index in [1.807, 2.05) is 38.1 Å². The van der Waals surface area contributed by atoms with Crippen molar-refractivity contribution in [3.8, 4) is 11.5 Å². The summed E-state index contributed by atoms with van der Waals surface area (Å²) in [6.45, 7) is 6.58. The van der Waals surface area contributed by atoms with Crippen molar-refractivity contribution in [1.82, 2.24) is 10.1 Å². The lowest BCUT2D eigenvalue weighted by Gasteiger charge is -2.29. The van der Waals surface area contributed by atoms with Gasteiger partial charge in [0.25, 0.3) is 5.91 Å². The maximum absolute atomic E-state index is 12.8. The number of fused-ring (bicyclic) bond motifs is 1. The molecule has 0 spiro atoms. The predicted molar refractivity (Wildman–Crippen MR) is 88.6 cm³/mol. The molecular formula is C18H22N2O4. The zero-order valence-electron chi connectivity index (χ0n) is 14.4. The van der Waals surface area contributed by atoms with Crippen LogP contribution in [0.4, 0.5) is 0 Å². The molecule has 1 aliphatic heterocycles. The summed E-state index contributed by atoms with van der Waals surface area (Å²) in [5.41, 5.74) is 1.16. The third kappa shape index (κ3) is 3.09. The van der Waals surface area contributed by atoms with E-state index in [9.17, 15) is 4.79 Å². The molecule has 0 saturated carbocycles. The van der Waals surface area contributed by atoms with Gasteiger partial charge in [0.15, 0.2) is 23.4 Å². The molecule has 1 aromatic carbocycles. The Balaban J connectivity index is 1.71. The molecule has 0 N–H and O–H groups in total. The Morgan fingerprint density at radius 3 is 2.75 bits per heavy atom. The number of nitrogens with zero attached hydrogens (tertiary/aromatic N) is 2. The topological polar surface area (TPSA) is 64.8 Å².